The number of methoxy groups -OCH3 is 3. The smallest absolute Gasteiger partial charge is 0.254 e. The van der Waals surface area contributed by atoms with Crippen LogP contribution in [0.1, 0.15) is 29.7 Å². The van der Waals surface area contributed by atoms with Crippen LogP contribution in [-0.2, 0) is 11.2 Å². The summed E-state index contributed by atoms with van der Waals surface area (Å²) in [6, 6.07) is 10.6. The first-order valence-electron chi connectivity index (χ1n) is 9.69. The molecule has 1 aromatic heterocycles. The molecule has 0 spiro atoms. The average molecular weight is 408 g/mol. The molecule has 2 heterocycles. The predicted molar refractivity (Wildman–Crippen MR) is 114 cm³/mol. The Bertz CT molecular complexity index is 1180. The van der Waals surface area contributed by atoms with Gasteiger partial charge in [-0.3, -0.25) is 9.59 Å². The van der Waals surface area contributed by atoms with E-state index in [2.05, 4.69) is 4.98 Å². The van der Waals surface area contributed by atoms with Crippen LogP contribution >= 0.6 is 0 Å². The third kappa shape index (κ3) is 3.26. The van der Waals surface area contributed by atoms with Crippen molar-refractivity contribution in [3.05, 3.63) is 63.4 Å². The summed E-state index contributed by atoms with van der Waals surface area (Å²) in [6.07, 6.45) is 0.672. The lowest BCUT2D eigenvalue weighted by atomic mass is 9.87. The fourth-order valence-electron chi connectivity index (χ4n) is 4.15. The van der Waals surface area contributed by atoms with Crippen molar-refractivity contribution in [1.82, 2.24) is 9.88 Å². The molecule has 30 heavy (non-hydrogen) atoms. The third-order valence-electron chi connectivity index (χ3n) is 5.65. The summed E-state index contributed by atoms with van der Waals surface area (Å²) < 4.78 is 16.2. The molecule has 0 aliphatic carbocycles. The van der Waals surface area contributed by atoms with Crippen molar-refractivity contribution in [2.75, 3.05) is 27.9 Å². The van der Waals surface area contributed by atoms with E-state index in [0.717, 1.165) is 16.5 Å². The van der Waals surface area contributed by atoms with Crippen LogP contribution in [0.15, 0.2) is 41.2 Å². The maximum absolute atomic E-state index is 13.1. The number of carbonyl (C=O) groups is 1. The minimum atomic E-state index is -0.523. The second kappa shape index (κ2) is 7.74. The lowest BCUT2D eigenvalue weighted by Crippen LogP contribution is -2.41. The number of pyridine rings is 1. The Hall–Kier alpha value is -3.48. The maximum atomic E-state index is 13.1. The average Bonchev–Trinajstić information content (AvgIpc) is 2.76. The molecule has 7 nitrogen and oxygen atoms in total. The van der Waals surface area contributed by atoms with E-state index in [-0.39, 0.29) is 11.5 Å². The Kier molecular flexibility index (Phi) is 5.11. The molecule has 1 aliphatic rings. The molecule has 4 rings (SSSR count). The summed E-state index contributed by atoms with van der Waals surface area (Å²) in [6.45, 7) is 2.04. The van der Waals surface area contributed by atoms with Crippen LogP contribution in [-0.4, -0.2) is 43.7 Å². The Balaban J connectivity index is 1.96. The molecule has 1 N–H and O–H groups in total. The highest BCUT2D eigenvalue weighted by molar-refractivity contribution is 5.81. The number of benzene rings is 2. The van der Waals surface area contributed by atoms with Crippen molar-refractivity contribution >= 4 is 16.8 Å². The van der Waals surface area contributed by atoms with Gasteiger partial charge in [-0.05, 0) is 53.9 Å². The number of fused-ring (bicyclic) bond motifs is 2. The van der Waals surface area contributed by atoms with Crippen LogP contribution in [0.4, 0.5) is 0 Å². The van der Waals surface area contributed by atoms with Crippen LogP contribution in [0.25, 0.3) is 10.9 Å². The van der Waals surface area contributed by atoms with Crippen LogP contribution in [0.2, 0.25) is 0 Å². The number of carbonyl (C=O) groups excluding carboxylic acids is 1. The van der Waals surface area contributed by atoms with Crippen molar-refractivity contribution in [3.63, 3.8) is 0 Å². The number of H-pyrrole nitrogens is 1. The number of amides is 1. The zero-order chi connectivity index (χ0) is 21.4. The van der Waals surface area contributed by atoms with Gasteiger partial charge in [0.15, 0.2) is 11.5 Å². The first-order chi connectivity index (χ1) is 14.5. The second-order valence-corrected chi connectivity index (χ2v) is 7.28. The van der Waals surface area contributed by atoms with Crippen molar-refractivity contribution in [2.24, 2.45) is 0 Å². The van der Waals surface area contributed by atoms with Gasteiger partial charge >= 0.3 is 0 Å². The fourth-order valence-corrected chi connectivity index (χ4v) is 4.15. The maximum Gasteiger partial charge on any atom is 0.254 e. The standard InChI is InChI=1S/C23H24N2O5/c1-13(26)25-8-7-14-11-20(29-3)21(30-4)12-17(14)22(25)18-10-15-9-16(28-2)5-6-19(15)24-23(18)27/h5-6,9-12,22H,7-8H2,1-4H3,(H,24,27)/t22-/m1/s1. The Morgan fingerprint density at radius 1 is 1.00 bits per heavy atom. The monoisotopic (exact) mass is 408 g/mol. The van der Waals surface area contributed by atoms with E-state index in [1.165, 1.54) is 6.92 Å². The topological polar surface area (TPSA) is 80.9 Å². The van der Waals surface area contributed by atoms with Crippen LogP contribution < -0.4 is 19.8 Å². The summed E-state index contributed by atoms with van der Waals surface area (Å²) in [4.78, 5) is 30.2. The first-order valence-corrected chi connectivity index (χ1v) is 9.69. The molecule has 1 amide bonds. The van der Waals surface area contributed by atoms with Gasteiger partial charge < -0.3 is 24.1 Å². The van der Waals surface area contributed by atoms with Crippen molar-refractivity contribution in [3.8, 4) is 17.2 Å². The van der Waals surface area contributed by atoms with E-state index < -0.39 is 6.04 Å². The van der Waals surface area contributed by atoms with Gasteiger partial charge in [0.2, 0.25) is 5.91 Å². The molecule has 3 aromatic rings. The van der Waals surface area contributed by atoms with Gasteiger partial charge in [0, 0.05) is 29.9 Å². The lowest BCUT2D eigenvalue weighted by molar-refractivity contribution is -0.130. The van der Waals surface area contributed by atoms with E-state index >= 15 is 0 Å². The SMILES string of the molecule is COc1ccc2[nH]c(=O)c([C@H]3c4cc(OC)c(OC)cc4CCN3C(C)=O)cc2c1. The Labute approximate surface area is 174 Å². The molecule has 1 atom stereocenters. The van der Waals surface area contributed by atoms with Gasteiger partial charge in [0.25, 0.3) is 5.56 Å². The molecule has 0 radical (unpaired) electrons. The lowest BCUT2D eigenvalue weighted by Gasteiger charge is -2.37. The molecule has 2 aromatic carbocycles. The molecule has 0 saturated heterocycles. The van der Waals surface area contributed by atoms with Gasteiger partial charge in [0.05, 0.1) is 27.4 Å². The molecular weight excluding hydrogens is 384 g/mol. The number of hydrogen-bond donors (Lipinski definition) is 1. The molecule has 156 valence electrons. The third-order valence-corrected chi connectivity index (χ3v) is 5.65. The highest BCUT2D eigenvalue weighted by atomic mass is 16.5. The minimum absolute atomic E-state index is 0.0921. The Morgan fingerprint density at radius 3 is 2.40 bits per heavy atom. The number of ether oxygens (including phenoxy) is 3. The highest BCUT2D eigenvalue weighted by Crippen LogP contribution is 2.40. The number of aromatic nitrogens is 1. The molecule has 7 heteroatoms. The molecule has 0 fully saturated rings. The van der Waals surface area contributed by atoms with Crippen LogP contribution in [0.5, 0.6) is 17.2 Å². The highest BCUT2D eigenvalue weighted by Gasteiger charge is 2.33. The van der Waals surface area contributed by atoms with Crippen molar-refractivity contribution < 1.29 is 19.0 Å². The number of nitrogens with zero attached hydrogens (tertiary/aromatic N) is 1. The molecule has 0 saturated carbocycles. The fraction of sp³-hybridized carbons (Fsp3) is 0.304. The largest absolute Gasteiger partial charge is 0.497 e. The van der Waals surface area contributed by atoms with Crippen LogP contribution in [0, 0.1) is 0 Å². The first kappa shape index (κ1) is 19.8. The van der Waals surface area contributed by atoms with Gasteiger partial charge in [0.1, 0.15) is 5.75 Å². The van der Waals surface area contributed by atoms with Crippen molar-refractivity contribution in [2.45, 2.75) is 19.4 Å². The van der Waals surface area contributed by atoms with Gasteiger partial charge in [-0.15, -0.1) is 0 Å². The molecular formula is C23H24N2O5. The molecule has 0 bridgehead atoms. The van der Waals surface area contributed by atoms with E-state index in [4.69, 9.17) is 14.2 Å². The minimum Gasteiger partial charge on any atom is -0.497 e. The number of hydrogen-bond acceptors (Lipinski definition) is 5. The quantitative estimate of drug-likeness (QED) is 0.718. The summed E-state index contributed by atoms with van der Waals surface area (Å²) in [5, 5.41) is 0.833. The van der Waals surface area contributed by atoms with E-state index in [1.54, 1.807) is 32.3 Å². The molecule has 0 unspecified atom stereocenters. The predicted octanol–water partition coefficient (Wildman–Crippen LogP) is 3.05. The van der Waals surface area contributed by atoms with Crippen LogP contribution in [0.3, 0.4) is 0 Å². The number of rotatable bonds is 4. The summed E-state index contributed by atoms with van der Waals surface area (Å²) in [7, 11) is 4.76. The number of nitrogens with one attached hydrogen (secondary N) is 1. The normalized spacial score (nSPS) is 15.6. The van der Waals surface area contributed by atoms with Gasteiger partial charge in [-0.1, -0.05) is 0 Å². The van der Waals surface area contributed by atoms with E-state index in [0.29, 0.717) is 41.3 Å². The second-order valence-electron chi connectivity index (χ2n) is 7.28. The molecule has 1 aliphatic heterocycles. The summed E-state index contributed by atoms with van der Waals surface area (Å²) in [5.41, 5.74) is 2.87. The van der Waals surface area contributed by atoms with Gasteiger partial charge in [-0.25, -0.2) is 0 Å². The van der Waals surface area contributed by atoms with E-state index in [9.17, 15) is 9.59 Å². The number of aromatic amines is 1. The van der Waals surface area contributed by atoms with Gasteiger partial charge in [-0.2, -0.15) is 0 Å². The summed E-state index contributed by atoms with van der Waals surface area (Å²) in [5.74, 6) is 1.79. The van der Waals surface area contributed by atoms with E-state index in [1.807, 2.05) is 30.3 Å². The zero-order valence-corrected chi connectivity index (χ0v) is 17.4. The Morgan fingerprint density at radius 2 is 1.73 bits per heavy atom. The zero-order valence-electron chi connectivity index (χ0n) is 17.4. The summed E-state index contributed by atoms with van der Waals surface area (Å²) >= 11 is 0. The van der Waals surface area contributed by atoms with Crippen molar-refractivity contribution in [1.29, 1.82) is 0 Å².